The number of hydrazone groups is 1. The van der Waals surface area contributed by atoms with E-state index in [0.717, 1.165) is 29.7 Å². The average molecular weight is 488 g/mol. The van der Waals surface area contributed by atoms with Gasteiger partial charge in [0.1, 0.15) is 5.71 Å². The number of nitrogens with zero attached hydrogens (tertiary/aromatic N) is 2. The van der Waals surface area contributed by atoms with Crippen molar-refractivity contribution >= 4 is 38.7 Å². The second kappa shape index (κ2) is 10.2. The van der Waals surface area contributed by atoms with Gasteiger partial charge in [-0.3, -0.25) is 9.59 Å². The van der Waals surface area contributed by atoms with Crippen molar-refractivity contribution < 1.29 is 18.0 Å². The Morgan fingerprint density at radius 1 is 1.24 bits per heavy atom. The topological polar surface area (TPSA) is 95.9 Å². The number of sulfone groups is 1. The fourth-order valence-electron chi connectivity index (χ4n) is 4.23. The molecule has 9 heteroatoms. The van der Waals surface area contributed by atoms with Crippen LogP contribution in [0.3, 0.4) is 0 Å². The summed E-state index contributed by atoms with van der Waals surface area (Å²) >= 11 is 1.57. The molecule has 0 spiro atoms. The zero-order chi connectivity index (χ0) is 23.4. The summed E-state index contributed by atoms with van der Waals surface area (Å²) in [7, 11) is -3.16. The van der Waals surface area contributed by atoms with Crippen LogP contribution in [0.1, 0.15) is 61.1 Å². The highest BCUT2D eigenvalue weighted by Gasteiger charge is 2.37. The van der Waals surface area contributed by atoms with Crippen LogP contribution in [-0.4, -0.2) is 48.5 Å². The van der Waals surface area contributed by atoms with Crippen molar-refractivity contribution in [2.24, 2.45) is 5.10 Å². The van der Waals surface area contributed by atoms with Gasteiger partial charge in [0.25, 0.3) is 5.91 Å². The molecule has 1 fully saturated rings. The standard InChI is InChI=1S/C24H29N3O4S2/c1-2-3-5-17-7-9-18(10-8-17)23(21-6-4-14-32-21)25-24(29)20-11-12-22(28)27(26-20)19-13-15-33(30,31)16-19/h4,6-10,14,19,23H,2-3,5,11-13,15-16H2,1H3,(H,25,29). The molecule has 2 aliphatic rings. The zero-order valence-electron chi connectivity index (χ0n) is 18.7. The summed E-state index contributed by atoms with van der Waals surface area (Å²) in [5.41, 5.74) is 2.52. The third kappa shape index (κ3) is 5.70. The molecule has 2 atom stereocenters. The van der Waals surface area contributed by atoms with E-state index in [1.165, 1.54) is 10.6 Å². The lowest BCUT2D eigenvalue weighted by molar-refractivity contribution is -0.133. The van der Waals surface area contributed by atoms with Crippen LogP contribution in [0.5, 0.6) is 0 Å². The Balaban J connectivity index is 1.53. The number of unbranched alkanes of at least 4 members (excludes halogenated alkanes) is 1. The van der Waals surface area contributed by atoms with E-state index in [1.807, 2.05) is 17.5 Å². The average Bonchev–Trinajstić information content (AvgIpc) is 3.46. The van der Waals surface area contributed by atoms with Crippen LogP contribution in [0.2, 0.25) is 0 Å². The second-order valence-corrected chi connectivity index (χ2v) is 11.8. The van der Waals surface area contributed by atoms with Gasteiger partial charge in [-0.1, -0.05) is 43.7 Å². The first-order valence-corrected chi connectivity index (χ1v) is 14.1. The van der Waals surface area contributed by atoms with E-state index in [9.17, 15) is 18.0 Å². The van der Waals surface area contributed by atoms with E-state index in [0.29, 0.717) is 6.42 Å². The lowest BCUT2D eigenvalue weighted by atomic mass is 10.0. The molecule has 1 aromatic heterocycles. The molecular weight excluding hydrogens is 458 g/mol. The molecule has 0 aliphatic carbocycles. The lowest BCUT2D eigenvalue weighted by Gasteiger charge is -2.28. The maximum Gasteiger partial charge on any atom is 0.268 e. The molecule has 2 unspecified atom stereocenters. The van der Waals surface area contributed by atoms with Crippen LogP contribution in [0, 0.1) is 0 Å². The monoisotopic (exact) mass is 487 g/mol. The molecule has 1 aromatic carbocycles. The van der Waals surface area contributed by atoms with Gasteiger partial charge in [0, 0.05) is 17.7 Å². The van der Waals surface area contributed by atoms with Crippen LogP contribution in [0.25, 0.3) is 0 Å². The molecule has 0 saturated carbocycles. The van der Waals surface area contributed by atoms with Gasteiger partial charge in [0.05, 0.1) is 23.6 Å². The Bertz CT molecular complexity index is 1120. The molecule has 2 amide bonds. The predicted molar refractivity (Wildman–Crippen MR) is 130 cm³/mol. The molecule has 7 nitrogen and oxygen atoms in total. The Kier molecular flexibility index (Phi) is 7.29. The fraction of sp³-hybridized carbons (Fsp3) is 0.458. The van der Waals surface area contributed by atoms with Crippen molar-refractivity contribution in [2.75, 3.05) is 11.5 Å². The molecule has 1 saturated heterocycles. The molecule has 3 heterocycles. The summed E-state index contributed by atoms with van der Waals surface area (Å²) < 4.78 is 23.7. The van der Waals surface area contributed by atoms with Gasteiger partial charge in [0.2, 0.25) is 5.91 Å². The second-order valence-electron chi connectivity index (χ2n) is 8.61. The van der Waals surface area contributed by atoms with Crippen molar-refractivity contribution in [3.05, 3.63) is 57.8 Å². The minimum absolute atomic E-state index is 0.0488. The van der Waals surface area contributed by atoms with Crippen LogP contribution in [0.15, 0.2) is 46.9 Å². The normalized spacial score (nSPS) is 21.0. The molecule has 4 rings (SSSR count). The number of benzene rings is 1. The zero-order valence-corrected chi connectivity index (χ0v) is 20.3. The van der Waals surface area contributed by atoms with Gasteiger partial charge in [-0.25, -0.2) is 13.4 Å². The van der Waals surface area contributed by atoms with E-state index in [-0.39, 0.29) is 47.9 Å². The molecule has 176 valence electrons. The van der Waals surface area contributed by atoms with Gasteiger partial charge < -0.3 is 5.32 Å². The molecule has 33 heavy (non-hydrogen) atoms. The first kappa shape index (κ1) is 23.6. The Morgan fingerprint density at radius 2 is 2.03 bits per heavy atom. The SMILES string of the molecule is CCCCc1ccc(C(NC(=O)C2=NN(C3CCS(=O)(=O)C3)C(=O)CC2)c2cccs2)cc1. The van der Waals surface area contributed by atoms with Crippen LogP contribution >= 0.6 is 11.3 Å². The minimum atomic E-state index is -3.16. The Hall–Kier alpha value is -2.52. The number of hydrogen-bond donors (Lipinski definition) is 1. The summed E-state index contributed by atoms with van der Waals surface area (Å²) in [4.78, 5) is 26.6. The Morgan fingerprint density at radius 3 is 2.67 bits per heavy atom. The number of thiophene rings is 1. The third-order valence-corrected chi connectivity index (χ3v) is 8.80. The summed E-state index contributed by atoms with van der Waals surface area (Å²) in [6, 6.07) is 11.5. The smallest absolute Gasteiger partial charge is 0.268 e. The van der Waals surface area contributed by atoms with E-state index in [1.54, 1.807) is 11.3 Å². The number of rotatable bonds is 8. The molecule has 0 radical (unpaired) electrons. The molecular formula is C24H29N3O4S2. The minimum Gasteiger partial charge on any atom is -0.339 e. The van der Waals surface area contributed by atoms with Crippen LogP contribution in [0.4, 0.5) is 0 Å². The van der Waals surface area contributed by atoms with Gasteiger partial charge in [-0.05, 0) is 41.8 Å². The fourth-order valence-corrected chi connectivity index (χ4v) is 6.73. The van der Waals surface area contributed by atoms with Crippen molar-refractivity contribution in [3.63, 3.8) is 0 Å². The van der Waals surface area contributed by atoms with Gasteiger partial charge in [-0.2, -0.15) is 5.10 Å². The van der Waals surface area contributed by atoms with Crippen LogP contribution in [-0.2, 0) is 25.8 Å². The molecule has 0 bridgehead atoms. The van der Waals surface area contributed by atoms with Crippen molar-refractivity contribution in [1.82, 2.24) is 10.3 Å². The highest BCUT2D eigenvalue weighted by molar-refractivity contribution is 7.91. The predicted octanol–water partition coefficient (Wildman–Crippen LogP) is 3.46. The summed E-state index contributed by atoms with van der Waals surface area (Å²) in [5.74, 6) is -0.611. The number of carbonyl (C=O) groups is 2. The van der Waals surface area contributed by atoms with E-state index in [2.05, 4.69) is 41.6 Å². The lowest BCUT2D eigenvalue weighted by Crippen LogP contribution is -2.44. The maximum atomic E-state index is 13.2. The maximum absolute atomic E-state index is 13.2. The van der Waals surface area contributed by atoms with E-state index >= 15 is 0 Å². The van der Waals surface area contributed by atoms with E-state index in [4.69, 9.17) is 0 Å². The number of carbonyl (C=O) groups excluding carboxylic acids is 2. The first-order chi connectivity index (χ1) is 15.9. The van der Waals surface area contributed by atoms with Crippen LogP contribution < -0.4 is 5.32 Å². The van der Waals surface area contributed by atoms with Crippen molar-refractivity contribution in [1.29, 1.82) is 0 Å². The number of amides is 2. The highest BCUT2D eigenvalue weighted by atomic mass is 32.2. The Labute approximate surface area is 198 Å². The van der Waals surface area contributed by atoms with Crippen molar-refractivity contribution in [3.8, 4) is 0 Å². The number of aryl methyl sites for hydroxylation is 1. The van der Waals surface area contributed by atoms with Gasteiger partial charge in [-0.15, -0.1) is 11.3 Å². The van der Waals surface area contributed by atoms with Gasteiger partial charge >= 0.3 is 0 Å². The summed E-state index contributed by atoms with van der Waals surface area (Å²) in [6.45, 7) is 2.17. The first-order valence-electron chi connectivity index (χ1n) is 11.4. The largest absolute Gasteiger partial charge is 0.339 e. The molecule has 1 N–H and O–H groups in total. The highest BCUT2D eigenvalue weighted by Crippen LogP contribution is 2.27. The summed E-state index contributed by atoms with van der Waals surface area (Å²) in [5, 5.41) is 10.6. The van der Waals surface area contributed by atoms with Gasteiger partial charge in [0.15, 0.2) is 9.84 Å². The summed E-state index contributed by atoms with van der Waals surface area (Å²) in [6.07, 6.45) is 4.07. The molecule has 2 aliphatic heterocycles. The number of hydrogen-bond acceptors (Lipinski definition) is 6. The third-order valence-electron chi connectivity index (χ3n) is 6.11. The molecule has 2 aromatic rings. The van der Waals surface area contributed by atoms with Crippen molar-refractivity contribution in [2.45, 2.75) is 57.5 Å². The quantitative estimate of drug-likeness (QED) is 0.617. The number of nitrogens with one attached hydrogen (secondary N) is 1. The van der Waals surface area contributed by atoms with E-state index < -0.39 is 15.9 Å².